The molecule has 0 fully saturated rings. The van der Waals surface area contributed by atoms with Gasteiger partial charge in [-0.25, -0.2) is 14.6 Å². The number of rotatable bonds is 6. The van der Waals surface area contributed by atoms with Crippen LogP contribution in [0.25, 0.3) is 0 Å². The van der Waals surface area contributed by atoms with E-state index in [1.54, 1.807) is 6.07 Å². The van der Waals surface area contributed by atoms with Crippen LogP contribution in [0.1, 0.15) is 17.4 Å². The maximum Gasteiger partial charge on any atom is 0.297 e. The van der Waals surface area contributed by atoms with Gasteiger partial charge < -0.3 is 10.4 Å². The molecule has 2 aromatic rings. The number of benzene rings is 1. The molecule has 11 heteroatoms. The number of nitrogens with one attached hydrogen (secondary N) is 2. The van der Waals surface area contributed by atoms with Crippen LogP contribution in [0.15, 0.2) is 23.0 Å². The van der Waals surface area contributed by atoms with Crippen LogP contribution in [0, 0.1) is 9.39 Å². The lowest BCUT2D eigenvalue weighted by Crippen LogP contribution is -2.32. The SMILES string of the molecule is CC(O)CONC(=O)c1nn(C)c(=O)c(Cl)c1Nc1ccc(I)cc1F. The highest BCUT2D eigenvalue weighted by Crippen LogP contribution is 2.27. The smallest absolute Gasteiger partial charge is 0.297 e. The fourth-order valence-corrected chi connectivity index (χ4v) is 2.59. The number of anilines is 2. The summed E-state index contributed by atoms with van der Waals surface area (Å²) in [6, 6.07) is 4.35. The summed E-state index contributed by atoms with van der Waals surface area (Å²) < 4.78 is 15.7. The molecule has 0 radical (unpaired) electrons. The van der Waals surface area contributed by atoms with Crippen molar-refractivity contribution in [3.05, 3.63) is 48.7 Å². The number of aliphatic hydroxyl groups is 1. The summed E-state index contributed by atoms with van der Waals surface area (Å²) in [6.07, 6.45) is -0.801. The molecule has 140 valence electrons. The lowest BCUT2D eigenvalue weighted by atomic mass is 10.2. The molecule has 1 aromatic carbocycles. The topological polar surface area (TPSA) is 105 Å². The van der Waals surface area contributed by atoms with Crippen molar-refractivity contribution in [3.63, 3.8) is 0 Å². The van der Waals surface area contributed by atoms with Crippen molar-refractivity contribution in [1.82, 2.24) is 15.3 Å². The summed E-state index contributed by atoms with van der Waals surface area (Å²) in [6.45, 7) is 1.32. The van der Waals surface area contributed by atoms with E-state index in [-0.39, 0.29) is 28.7 Å². The fraction of sp³-hybridized carbons (Fsp3) is 0.267. The summed E-state index contributed by atoms with van der Waals surface area (Å²) in [5.41, 5.74) is 0.997. The van der Waals surface area contributed by atoms with Crippen molar-refractivity contribution in [1.29, 1.82) is 0 Å². The molecule has 1 amide bonds. The molecule has 0 aliphatic heterocycles. The Hall–Kier alpha value is -1.76. The van der Waals surface area contributed by atoms with Gasteiger partial charge in [0.25, 0.3) is 11.5 Å². The van der Waals surface area contributed by atoms with Crippen molar-refractivity contribution >= 4 is 51.5 Å². The maximum absolute atomic E-state index is 14.1. The Morgan fingerprint density at radius 2 is 2.23 bits per heavy atom. The van der Waals surface area contributed by atoms with E-state index in [9.17, 15) is 14.0 Å². The Morgan fingerprint density at radius 1 is 1.54 bits per heavy atom. The van der Waals surface area contributed by atoms with E-state index in [0.29, 0.717) is 3.57 Å². The van der Waals surface area contributed by atoms with Gasteiger partial charge in [0.05, 0.1) is 17.5 Å². The van der Waals surface area contributed by atoms with E-state index in [4.69, 9.17) is 21.5 Å². The Balaban J connectivity index is 2.41. The third kappa shape index (κ3) is 4.90. The standard InChI is InChI=1S/C15H15ClFIN4O4/c1-7(23)6-26-21-14(24)13-12(11(16)15(25)22(2)20-13)19-10-4-3-8(18)5-9(10)17/h3-5,7,19,23H,6H2,1-2H3,(H,21,24). The highest BCUT2D eigenvalue weighted by molar-refractivity contribution is 14.1. The minimum atomic E-state index is -0.823. The van der Waals surface area contributed by atoms with E-state index in [1.165, 1.54) is 26.1 Å². The monoisotopic (exact) mass is 496 g/mol. The van der Waals surface area contributed by atoms with Gasteiger partial charge in [0, 0.05) is 10.6 Å². The van der Waals surface area contributed by atoms with Crippen molar-refractivity contribution in [2.24, 2.45) is 7.05 Å². The molecule has 0 aliphatic rings. The molecule has 1 aromatic heterocycles. The number of hydroxylamine groups is 1. The minimum Gasteiger partial charge on any atom is -0.391 e. The number of carbonyl (C=O) groups excluding carboxylic acids is 1. The van der Waals surface area contributed by atoms with Crippen LogP contribution in [0.3, 0.4) is 0 Å². The second-order valence-corrected chi connectivity index (χ2v) is 6.93. The number of nitrogens with zero attached hydrogens (tertiary/aromatic N) is 2. The number of aliphatic hydroxyl groups excluding tert-OH is 1. The first-order chi connectivity index (χ1) is 12.2. The fourth-order valence-electron chi connectivity index (χ4n) is 1.87. The number of halogens is 3. The van der Waals surface area contributed by atoms with Gasteiger partial charge in [0.1, 0.15) is 17.4 Å². The first-order valence-corrected chi connectivity index (χ1v) is 8.75. The van der Waals surface area contributed by atoms with Crippen LogP contribution in [0.2, 0.25) is 5.02 Å². The highest BCUT2D eigenvalue weighted by atomic mass is 127. The van der Waals surface area contributed by atoms with Crippen LogP contribution < -0.4 is 16.4 Å². The molecular weight excluding hydrogens is 482 g/mol. The summed E-state index contributed by atoms with van der Waals surface area (Å²) in [4.78, 5) is 29.2. The number of aryl methyl sites for hydroxylation is 1. The van der Waals surface area contributed by atoms with Crippen LogP contribution in [0.5, 0.6) is 0 Å². The van der Waals surface area contributed by atoms with Gasteiger partial charge in [0.2, 0.25) is 0 Å². The first kappa shape index (κ1) is 20.6. The third-order valence-corrected chi connectivity index (χ3v) is 4.10. The molecule has 26 heavy (non-hydrogen) atoms. The van der Waals surface area contributed by atoms with Crippen molar-refractivity contribution in [2.45, 2.75) is 13.0 Å². The molecule has 0 saturated heterocycles. The normalized spacial score (nSPS) is 11.9. The lowest BCUT2D eigenvalue weighted by Gasteiger charge is -2.15. The second kappa shape index (κ2) is 8.75. The van der Waals surface area contributed by atoms with E-state index in [2.05, 4.69) is 15.9 Å². The molecule has 0 saturated carbocycles. The Kier molecular flexibility index (Phi) is 6.92. The molecule has 1 atom stereocenters. The van der Waals surface area contributed by atoms with Crippen molar-refractivity contribution in [3.8, 4) is 0 Å². The number of hydrogen-bond donors (Lipinski definition) is 3. The Labute approximate surface area is 166 Å². The predicted octanol–water partition coefficient (Wildman–Crippen LogP) is 1.96. The molecule has 0 aliphatic carbocycles. The Bertz CT molecular complexity index is 891. The van der Waals surface area contributed by atoms with Gasteiger partial charge >= 0.3 is 0 Å². The second-order valence-electron chi connectivity index (χ2n) is 5.31. The number of carbonyl (C=O) groups is 1. The number of aromatic nitrogens is 2. The third-order valence-electron chi connectivity index (χ3n) is 3.08. The lowest BCUT2D eigenvalue weighted by molar-refractivity contribution is -0.00717. The van der Waals surface area contributed by atoms with Gasteiger partial charge in [-0.1, -0.05) is 11.6 Å². The summed E-state index contributed by atoms with van der Waals surface area (Å²) >= 11 is 7.99. The van der Waals surface area contributed by atoms with Crippen molar-refractivity contribution in [2.75, 3.05) is 11.9 Å². The molecule has 2 rings (SSSR count). The molecule has 0 bridgehead atoms. The molecular formula is C15H15ClFIN4O4. The van der Waals surface area contributed by atoms with Gasteiger partial charge in [-0.15, -0.1) is 0 Å². The Morgan fingerprint density at radius 3 is 2.85 bits per heavy atom. The van der Waals surface area contributed by atoms with Gasteiger partial charge in [-0.3, -0.25) is 14.4 Å². The molecule has 0 spiro atoms. The van der Waals surface area contributed by atoms with E-state index >= 15 is 0 Å². The van der Waals surface area contributed by atoms with Gasteiger partial charge in [-0.05, 0) is 47.7 Å². The van der Waals surface area contributed by atoms with E-state index in [0.717, 1.165) is 4.68 Å². The molecule has 8 nitrogen and oxygen atoms in total. The summed E-state index contributed by atoms with van der Waals surface area (Å²) in [7, 11) is 1.32. The average Bonchev–Trinajstić information content (AvgIpc) is 2.56. The van der Waals surface area contributed by atoms with Crippen molar-refractivity contribution < 1.29 is 19.1 Å². The van der Waals surface area contributed by atoms with Crippen LogP contribution in [-0.4, -0.2) is 33.5 Å². The zero-order valence-electron chi connectivity index (χ0n) is 13.7. The predicted molar refractivity (Wildman–Crippen MR) is 102 cm³/mol. The zero-order chi connectivity index (χ0) is 19.4. The summed E-state index contributed by atoms with van der Waals surface area (Å²) in [5, 5.41) is 15.3. The zero-order valence-corrected chi connectivity index (χ0v) is 16.6. The minimum absolute atomic E-state index is 0.0151. The van der Waals surface area contributed by atoms with E-state index in [1.807, 2.05) is 22.6 Å². The largest absolute Gasteiger partial charge is 0.391 e. The average molecular weight is 497 g/mol. The van der Waals surface area contributed by atoms with Crippen LogP contribution in [-0.2, 0) is 11.9 Å². The van der Waals surface area contributed by atoms with E-state index < -0.39 is 23.4 Å². The quantitative estimate of drug-likeness (QED) is 0.417. The molecule has 1 heterocycles. The summed E-state index contributed by atoms with van der Waals surface area (Å²) in [5.74, 6) is -1.41. The first-order valence-electron chi connectivity index (χ1n) is 7.29. The highest BCUT2D eigenvalue weighted by Gasteiger charge is 2.22. The molecule has 1 unspecified atom stereocenters. The van der Waals surface area contributed by atoms with Crippen LogP contribution >= 0.6 is 34.2 Å². The van der Waals surface area contributed by atoms with Gasteiger partial charge in [-0.2, -0.15) is 5.10 Å². The number of amides is 1. The van der Waals surface area contributed by atoms with Gasteiger partial charge in [0.15, 0.2) is 5.69 Å². The molecule has 3 N–H and O–H groups in total. The number of hydrogen-bond acceptors (Lipinski definition) is 6. The maximum atomic E-state index is 14.1. The van der Waals surface area contributed by atoms with Crippen LogP contribution in [0.4, 0.5) is 15.8 Å².